The van der Waals surface area contributed by atoms with Crippen molar-refractivity contribution < 1.29 is 14.1 Å². The average molecular weight is 328 g/mol. The number of methoxy groups -OCH3 is 1. The zero-order valence-corrected chi connectivity index (χ0v) is 14.0. The van der Waals surface area contributed by atoms with Crippen LogP contribution in [0.25, 0.3) is 0 Å². The zero-order valence-electron chi connectivity index (χ0n) is 14.0. The second kappa shape index (κ2) is 5.58. The van der Waals surface area contributed by atoms with Crippen LogP contribution in [0.2, 0.25) is 0 Å². The number of rotatable bonds is 3. The minimum atomic E-state index is -0.138. The molecule has 2 aromatic rings. The largest absolute Gasteiger partial charge is 0.479 e. The summed E-state index contributed by atoms with van der Waals surface area (Å²) < 4.78 is 10.0. The zero-order chi connectivity index (χ0) is 16.8. The van der Waals surface area contributed by atoms with E-state index < -0.39 is 0 Å². The number of amides is 1. The SMILES string of the molecule is COc1cc(C(=O)N2CC3Cc4nc(C(C)C)ncc4C3C2)on1. The molecule has 7 nitrogen and oxygen atoms in total. The Balaban J connectivity index is 1.52. The van der Waals surface area contributed by atoms with Gasteiger partial charge in [-0.2, -0.15) is 0 Å². The molecule has 2 aromatic heterocycles. The highest BCUT2D eigenvalue weighted by Crippen LogP contribution is 2.42. The van der Waals surface area contributed by atoms with Gasteiger partial charge in [-0.05, 0) is 23.1 Å². The Morgan fingerprint density at radius 1 is 1.42 bits per heavy atom. The minimum absolute atomic E-state index is 0.138. The van der Waals surface area contributed by atoms with Crippen molar-refractivity contribution in [3.8, 4) is 5.88 Å². The van der Waals surface area contributed by atoms with Gasteiger partial charge in [-0.3, -0.25) is 4.79 Å². The predicted molar refractivity (Wildman–Crippen MR) is 85.0 cm³/mol. The van der Waals surface area contributed by atoms with E-state index in [9.17, 15) is 4.79 Å². The molecule has 7 heteroatoms. The lowest BCUT2D eigenvalue weighted by atomic mass is 9.97. The summed E-state index contributed by atoms with van der Waals surface area (Å²) in [5, 5.41) is 3.70. The smallest absolute Gasteiger partial charge is 0.292 e. The molecule has 0 radical (unpaired) electrons. The van der Waals surface area contributed by atoms with Gasteiger partial charge in [0.05, 0.1) is 13.2 Å². The lowest BCUT2D eigenvalue weighted by Gasteiger charge is -2.16. The van der Waals surface area contributed by atoms with E-state index >= 15 is 0 Å². The molecule has 0 saturated carbocycles. The first-order chi connectivity index (χ1) is 11.6. The monoisotopic (exact) mass is 328 g/mol. The number of likely N-dealkylation sites (tertiary alicyclic amines) is 1. The van der Waals surface area contributed by atoms with Crippen molar-refractivity contribution in [1.82, 2.24) is 20.0 Å². The van der Waals surface area contributed by atoms with Crippen molar-refractivity contribution in [2.24, 2.45) is 5.92 Å². The van der Waals surface area contributed by atoms with Crippen molar-refractivity contribution in [3.63, 3.8) is 0 Å². The second-order valence-corrected chi connectivity index (χ2v) is 6.80. The highest BCUT2D eigenvalue weighted by atomic mass is 16.5. The van der Waals surface area contributed by atoms with Gasteiger partial charge in [0.25, 0.3) is 11.8 Å². The third-order valence-electron chi connectivity index (χ3n) is 4.93. The fraction of sp³-hybridized carbons (Fsp3) is 0.529. The second-order valence-electron chi connectivity index (χ2n) is 6.80. The molecule has 24 heavy (non-hydrogen) atoms. The summed E-state index contributed by atoms with van der Waals surface area (Å²) in [6, 6.07) is 1.53. The molecule has 1 amide bonds. The summed E-state index contributed by atoms with van der Waals surface area (Å²) in [7, 11) is 1.49. The van der Waals surface area contributed by atoms with E-state index in [1.54, 1.807) is 0 Å². The highest BCUT2D eigenvalue weighted by Gasteiger charge is 2.43. The van der Waals surface area contributed by atoms with E-state index in [0.29, 0.717) is 36.7 Å². The lowest BCUT2D eigenvalue weighted by molar-refractivity contribution is 0.0743. The molecule has 126 valence electrons. The molecule has 2 unspecified atom stereocenters. The Morgan fingerprint density at radius 3 is 2.96 bits per heavy atom. The Morgan fingerprint density at radius 2 is 2.25 bits per heavy atom. The number of ether oxygens (including phenoxy) is 1. The number of hydrogen-bond donors (Lipinski definition) is 0. The topological polar surface area (TPSA) is 81.4 Å². The molecule has 2 atom stereocenters. The quantitative estimate of drug-likeness (QED) is 0.857. The van der Waals surface area contributed by atoms with Crippen LogP contribution < -0.4 is 4.74 Å². The molecule has 0 bridgehead atoms. The Hall–Kier alpha value is -2.44. The molecule has 1 aliphatic heterocycles. The van der Waals surface area contributed by atoms with Crippen LogP contribution in [-0.2, 0) is 6.42 Å². The molecule has 3 heterocycles. The lowest BCUT2D eigenvalue weighted by Crippen LogP contribution is -2.29. The van der Waals surface area contributed by atoms with Gasteiger partial charge in [0, 0.05) is 36.8 Å². The van der Waals surface area contributed by atoms with Gasteiger partial charge in [0.2, 0.25) is 5.76 Å². The third-order valence-corrected chi connectivity index (χ3v) is 4.93. The van der Waals surface area contributed by atoms with Gasteiger partial charge in [-0.1, -0.05) is 13.8 Å². The van der Waals surface area contributed by atoms with Gasteiger partial charge in [0.15, 0.2) is 0 Å². The third kappa shape index (κ3) is 2.35. The summed E-state index contributed by atoms with van der Waals surface area (Å²) in [5.41, 5.74) is 2.34. The fourth-order valence-electron chi connectivity index (χ4n) is 3.65. The van der Waals surface area contributed by atoms with E-state index in [4.69, 9.17) is 14.2 Å². The van der Waals surface area contributed by atoms with Crippen LogP contribution >= 0.6 is 0 Å². The van der Waals surface area contributed by atoms with Crippen LogP contribution in [0, 0.1) is 5.92 Å². The van der Waals surface area contributed by atoms with E-state index in [-0.39, 0.29) is 11.7 Å². The molecule has 1 fully saturated rings. The van der Waals surface area contributed by atoms with Crippen LogP contribution in [0.5, 0.6) is 5.88 Å². The molecule has 0 N–H and O–H groups in total. The first-order valence-electron chi connectivity index (χ1n) is 8.22. The molecular formula is C17H20N4O3. The summed E-state index contributed by atoms with van der Waals surface area (Å²) >= 11 is 0. The summed E-state index contributed by atoms with van der Waals surface area (Å²) in [6.45, 7) is 5.58. The van der Waals surface area contributed by atoms with Crippen molar-refractivity contribution in [2.45, 2.75) is 32.1 Å². The summed E-state index contributed by atoms with van der Waals surface area (Å²) in [4.78, 5) is 23.6. The van der Waals surface area contributed by atoms with E-state index in [0.717, 1.165) is 17.9 Å². The fourth-order valence-corrected chi connectivity index (χ4v) is 3.65. The number of nitrogens with zero attached hydrogens (tertiary/aromatic N) is 4. The van der Waals surface area contributed by atoms with Gasteiger partial charge in [-0.15, -0.1) is 0 Å². The van der Waals surface area contributed by atoms with E-state index in [1.165, 1.54) is 18.7 Å². The van der Waals surface area contributed by atoms with Gasteiger partial charge in [0.1, 0.15) is 5.82 Å². The van der Waals surface area contributed by atoms with Crippen molar-refractivity contribution in [1.29, 1.82) is 0 Å². The first kappa shape index (κ1) is 15.1. The highest BCUT2D eigenvalue weighted by molar-refractivity contribution is 5.92. The predicted octanol–water partition coefficient (Wildman–Crippen LogP) is 2.01. The maximum Gasteiger partial charge on any atom is 0.292 e. The van der Waals surface area contributed by atoms with Crippen LogP contribution in [-0.4, -0.2) is 46.1 Å². The maximum absolute atomic E-state index is 12.6. The Labute approximate surface area is 140 Å². The summed E-state index contributed by atoms with van der Waals surface area (Å²) in [5.74, 6) is 2.35. The number of carbonyl (C=O) groups is 1. The van der Waals surface area contributed by atoms with Crippen molar-refractivity contribution in [3.05, 3.63) is 35.1 Å². The Kier molecular flexibility index (Phi) is 3.51. The molecule has 0 spiro atoms. The average Bonchev–Trinajstić information content (AvgIpc) is 3.27. The minimum Gasteiger partial charge on any atom is -0.479 e. The van der Waals surface area contributed by atoms with Crippen LogP contribution in [0.15, 0.2) is 16.8 Å². The van der Waals surface area contributed by atoms with Crippen LogP contribution in [0.3, 0.4) is 0 Å². The van der Waals surface area contributed by atoms with Crippen LogP contribution in [0.4, 0.5) is 0 Å². The number of aromatic nitrogens is 3. The molecule has 4 rings (SSSR count). The Bertz CT molecular complexity index is 786. The molecule has 1 aliphatic carbocycles. The van der Waals surface area contributed by atoms with E-state index in [2.05, 4.69) is 24.0 Å². The van der Waals surface area contributed by atoms with Crippen molar-refractivity contribution in [2.75, 3.05) is 20.2 Å². The summed E-state index contributed by atoms with van der Waals surface area (Å²) in [6.07, 6.45) is 2.86. The molecule has 2 aliphatic rings. The van der Waals surface area contributed by atoms with Crippen molar-refractivity contribution >= 4 is 5.91 Å². The van der Waals surface area contributed by atoms with Gasteiger partial charge < -0.3 is 14.2 Å². The molecular weight excluding hydrogens is 308 g/mol. The van der Waals surface area contributed by atoms with Gasteiger partial charge in [-0.25, -0.2) is 9.97 Å². The van der Waals surface area contributed by atoms with Gasteiger partial charge >= 0.3 is 0 Å². The normalized spacial score (nSPS) is 21.9. The standard InChI is InChI=1S/C17H20N4O3/c1-9(2)16-18-6-11-12-8-21(7-10(12)4-13(11)19-16)17(22)14-5-15(23-3)20-24-14/h5-6,9-10,12H,4,7-8H2,1-3H3. The molecule has 0 aromatic carbocycles. The van der Waals surface area contributed by atoms with E-state index in [1.807, 2.05) is 11.1 Å². The van der Waals surface area contributed by atoms with Crippen LogP contribution in [0.1, 0.15) is 53.3 Å². The number of carbonyl (C=O) groups excluding carboxylic acids is 1. The molecule has 1 saturated heterocycles. The first-order valence-corrected chi connectivity index (χ1v) is 8.22. The number of fused-ring (bicyclic) bond motifs is 3. The maximum atomic E-state index is 12.6. The number of hydrogen-bond acceptors (Lipinski definition) is 6.